The third-order valence-electron chi connectivity index (χ3n) is 2.53. The van der Waals surface area contributed by atoms with Gasteiger partial charge in [-0.05, 0) is 33.6 Å². The van der Waals surface area contributed by atoms with Crippen LogP contribution >= 0.6 is 27.3 Å². The zero-order valence-electron chi connectivity index (χ0n) is 8.91. The molecule has 1 N–H and O–H groups in total. The highest BCUT2D eigenvalue weighted by Gasteiger charge is 2.14. The molecule has 0 aliphatic rings. The van der Waals surface area contributed by atoms with Gasteiger partial charge in [0.15, 0.2) is 0 Å². The Kier molecular flexibility index (Phi) is 2.76. The number of nitrogens with one attached hydrogen (secondary N) is 1. The van der Waals surface area contributed by atoms with Crippen molar-refractivity contribution in [2.24, 2.45) is 0 Å². The van der Waals surface area contributed by atoms with Gasteiger partial charge in [0.2, 0.25) is 0 Å². The van der Waals surface area contributed by atoms with Crippen LogP contribution in [0.15, 0.2) is 39.9 Å². The van der Waals surface area contributed by atoms with Crippen LogP contribution in [-0.2, 0) is 0 Å². The molecule has 3 aromatic rings. The van der Waals surface area contributed by atoms with Crippen molar-refractivity contribution in [3.8, 4) is 10.4 Å². The second kappa shape index (κ2) is 4.29. The second-order valence-electron chi connectivity index (χ2n) is 3.66. The van der Waals surface area contributed by atoms with Crippen LogP contribution in [0.2, 0.25) is 0 Å². The smallest absolute Gasteiger partial charge is 0.268 e. The van der Waals surface area contributed by atoms with Crippen LogP contribution < -0.4 is 5.56 Å². The maximum atomic E-state index is 12.9. The maximum absolute atomic E-state index is 12.9. The summed E-state index contributed by atoms with van der Waals surface area (Å²) in [5.74, 6) is -0.285. The van der Waals surface area contributed by atoms with Crippen molar-refractivity contribution in [3.05, 3.63) is 51.2 Å². The van der Waals surface area contributed by atoms with Gasteiger partial charge in [-0.25, -0.2) is 9.37 Å². The Labute approximate surface area is 113 Å². The zero-order valence-corrected chi connectivity index (χ0v) is 11.3. The Bertz CT molecular complexity index is 779. The molecule has 18 heavy (non-hydrogen) atoms. The summed E-state index contributed by atoms with van der Waals surface area (Å²) < 4.78 is 14.2. The van der Waals surface area contributed by atoms with Crippen molar-refractivity contribution in [2.75, 3.05) is 0 Å². The average molecular weight is 325 g/mol. The van der Waals surface area contributed by atoms with E-state index in [4.69, 9.17) is 0 Å². The Morgan fingerprint density at radius 1 is 1.28 bits per heavy atom. The molecular weight excluding hydrogens is 319 g/mol. The molecule has 2 aromatic heterocycles. The van der Waals surface area contributed by atoms with Gasteiger partial charge in [0.25, 0.3) is 5.56 Å². The van der Waals surface area contributed by atoms with Gasteiger partial charge in [0, 0.05) is 0 Å². The molecular formula is C12H6BrFN2OS. The largest absolute Gasteiger partial charge is 0.312 e. The Morgan fingerprint density at radius 3 is 2.67 bits per heavy atom. The molecule has 0 unspecified atom stereocenters. The van der Waals surface area contributed by atoms with E-state index >= 15 is 0 Å². The lowest BCUT2D eigenvalue weighted by atomic mass is 10.2. The number of hydrogen-bond donors (Lipinski definition) is 1. The van der Waals surface area contributed by atoms with Crippen molar-refractivity contribution >= 4 is 37.5 Å². The number of aromatic amines is 1. The van der Waals surface area contributed by atoms with E-state index in [1.54, 1.807) is 12.1 Å². The van der Waals surface area contributed by atoms with Crippen LogP contribution in [-0.4, -0.2) is 9.97 Å². The van der Waals surface area contributed by atoms with Crippen LogP contribution in [0, 0.1) is 5.82 Å². The second-order valence-corrected chi connectivity index (χ2v) is 5.48. The summed E-state index contributed by atoms with van der Waals surface area (Å²) in [6.45, 7) is 0. The summed E-state index contributed by atoms with van der Waals surface area (Å²) in [4.78, 5) is 19.2. The first-order valence-corrected chi connectivity index (χ1v) is 6.69. The summed E-state index contributed by atoms with van der Waals surface area (Å²) in [6.07, 6.45) is 1.37. The molecule has 90 valence electrons. The number of hydrogen-bond acceptors (Lipinski definition) is 3. The lowest BCUT2D eigenvalue weighted by molar-refractivity contribution is 0.628. The summed E-state index contributed by atoms with van der Waals surface area (Å²) >= 11 is 4.78. The van der Waals surface area contributed by atoms with E-state index in [0.29, 0.717) is 10.2 Å². The number of thiophene rings is 1. The van der Waals surface area contributed by atoms with Gasteiger partial charge in [-0.3, -0.25) is 4.79 Å². The molecule has 3 nitrogen and oxygen atoms in total. The van der Waals surface area contributed by atoms with Crippen molar-refractivity contribution in [1.82, 2.24) is 9.97 Å². The first kappa shape index (κ1) is 11.6. The molecule has 0 saturated carbocycles. The molecule has 0 saturated heterocycles. The summed E-state index contributed by atoms with van der Waals surface area (Å²) in [7, 11) is 0. The molecule has 1 aromatic carbocycles. The van der Waals surface area contributed by atoms with E-state index in [2.05, 4.69) is 25.9 Å². The number of fused-ring (bicyclic) bond motifs is 1. The van der Waals surface area contributed by atoms with Gasteiger partial charge >= 0.3 is 0 Å². The zero-order chi connectivity index (χ0) is 12.7. The number of nitrogens with zero attached hydrogens (tertiary/aromatic N) is 1. The third-order valence-corrected chi connectivity index (χ3v) is 4.79. The minimum Gasteiger partial charge on any atom is -0.312 e. The van der Waals surface area contributed by atoms with Crippen LogP contribution in [0.3, 0.4) is 0 Å². The quantitative estimate of drug-likeness (QED) is 0.744. The highest BCUT2D eigenvalue weighted by Crippen LogP contribution is 2.39. The fourth-order valence-electron chi connectivity index (χ4n) is 1.68. The third kappa shape index (κ3) is 1.77. The molecule has 0 bridgehead atoms. The molecule has 3 rings (SSSR count). The topological polar surface area (TPSA) is 45.8 Å². The van der Waals surface area contributed by atoms with Crippen LogP contribution in [0.5, 0.6) is 0 Å². The molecule has 0 atom stereocenters. The highest BCUT2D eigenvalue weighted by molar-refractivity contribution is 9.10. The molecule has 0 aliphatic carbocycles. The predicted molar refractivity (Wildman–Crippen MR) is 73.3 cm³/mol. The fourth-order valence-corrected chi connectivity index (χ4v) is 3.63. The number of benzene rings is 1. The fraction of sp³-hybridized carbons (Fsp3) is 0. The minimum atomic E-state index is -0.285. The standard InChI is InChI=1S/C12H6BrFN2OS/c13-8-9-11(12(17)16-5-15-9)18-10(8)6-1-3-7(14)4-2-6/h1-5H,(H,15,16,17). The lowest BCUT2D eigenvalue weighted by Gasteiger charge is -1.97. The number of H-pyrrole nitrogens is 1. The van der Waals surface area contributed by atoms with E-state index in [0.717, 1.165) is 14.9 Å². The monoisotopic (exact) mass is 324 g/mol. The normalized spacial score (nSPS) is 11.0. The number of rotatable bonds is 1. The molecule has 0 fully saturated rings. The molecule has 0 amide bonds. The van der Waals surface area contributed by atoms with Crippen LogP contribution in [0.1, 0.15) is 0 Å². The van der Waals surface area contributed by atoms with Gasteiger partial charge in [-0.2, -0.15) is 0 Å². The Hall–Kier alpha value is -1.53. The molecule has 0 radical (unpaired) electrons. The SMILES string of the molecule is O=c1[nH]cnc2c(Br)c(-c3ccc(F)cc3)sc12. The van der Waals surface area contributed by atoms with E-state index in [9.17, 15) is 9.18 Å². The summed E-state index contributed by atoms with van der Waals surface area (Å²) in [5, 5.41) is 0. The van der Waals surface area contributed by atoms with Gasteiger partial charge in [-0.15, -0.1) is 11.3 Å². The molecule has 0 aliphatic heterocycles. The molecule has 2 heterocycles. The van der Waals surface area contributed by atoms with Crippen molar-refractivity contribution in [2.45, 2.75) is 0 Å². The first-order chi connectivity index (χ1) is 8.66. The number of halogens is 2. The summed E-state index contributed by atoms with van der Waals surface area (Å²) in [6, 6.07) is 6.14. The van der Waals surface area contributed by atoms with Crippen LogP contribution in [0.25, 0.3) is 20.7 Å². The number of aromatic nitrogens is 2. The van der Waals surface area contributed by atoms with Gasteiger partial charge in [0.05, 0.1) is 15.7 Å². The van der Waals surface area contributed by atoms with E-state index in [1.807, 2.05) is 0 Å². The molecule has 6 heteroatoms. The Morgan fingerprint density at radius 2 is 2.00 bits per heavy atom. The predicted octanol–water partition coefficient (Wildman–Crippen LogP) is 3.55. The Balaban J connectivity index is 2.30. The summed E-state index contributed by atoms with van der Waals surface area (Å²) in [5.41, 5.74) is 1.31. The van der Waals surface area contributed by atoms with E-state index in [1.165, 1.54) is 29.8 Å². The van der Waals surface area contributed by atoms with E-state index in [-0.39, 0.29) is 11.4 Å². The first-order valence-electron chi connectivity index (χ1n) is 5.08. The van der Waals surface area contributed by atoms with Crippen molar-refractivity contribution < 1.29 is 4.39 Å². The minimum absolute atomic E-state index is 0.168. The average Bonchev–Trinajstić information content (AvgIpc) is 2.70. The maximum Gasteiger partial charge on any atom is 0.268 e. The molecule has 0 spiro atoms. The highest BCUT2D eigenvalue weighted by atomic mass is 79.9. The van der Waals surface area contributed by atoms with Crippen molar-refractivity contribution in [1.29, 1.82) is 0 Å². The van der Waals surface area contributed by atoms with Gasteiger partial charge < -0.3 is 4.98 Å². The van der Waals surface area contributed by atoms with Gasteiger partial charge in [0.1, 0.15) is 16.0 Å². The van der Waals surface area contributed by atoms with Gasteiger partial charge in [-0.1, -0.05) is 12.1 Å². The van der Waals surface area contributed by atoms with Crippen molar-refractivity contribution in [3.63, 3.8) is 0 Å². The van der Waals surface area contributed by atoms with E-state index < -0.39 is 0 Å². The lowest BCUT2D eigenvalue weighted by Crippen LogP contribution is -2.03. The van der Waals surface area contributed by atoms with Crippen LogP contribution in [0.4, 0.5) is 4.39 Å².